The summed E-state index contributed by atoms with van der Waals surface area (Å²) in [5.41, 5.74) is 6.46. The minimum Gasteiger partial charge on any atom is -0.491 e. The SMILES string of the molecule is Cc1cc(C2=NNC(=O)CC2)cc(OCC(O)CNC(C)C)c1C. The van der Waals surface area contributed by atoms with Gasteiger partial charge in [0.05, 0.1) is 5.71 Å². The van der Waals surface area contributed by atoms with Crippen LogP contribution in [0.2, 0.25) is 0 Å². The van der Waals surface area contributed by atoms with Gasteiger partial charge in [-0.25, -0.2) is 5.43 Å². The Morgan fingerprint density at radius 2 is 2.08 bits per heavy atom. The van der Waals surface area contributed by atoms with Gasteiger partial charge in [-0.3, -0.25) is 4.79 Å². The van der Waals surface area contributed by atoms with Crippen LogP contribution in [0.25, 0.3) is 0 Å². The molecule has 1 aliphatic rings. The van der Waals surface area contributed by atoms with Crippen molar-refractivity contribution >= 4 is 11.6 Å². The number of hydrogen-bond donors (Lipinski definition) is 3. The standard InChI is InChI=1S/C18H27N3O3/c1-11(2)19-9-15(22)10-24-17-8-14(7-12(3)13(17)4)16-5-6-18(23)21-20-16/h7-8,11,15,19,22H,5-6,9-10H2,1-4H3,(H,21,23). The summed E-state index contributed by atoms with van der Waals surface area (Å²) in [5, 5.41) is 17.3. The number of ether oxygens (including phenoxy) is 1. The van der Waals surface area contributed by atoms with Crippen molar-refractivity contribution in [2.45, 2.75) is 52.7 Å². The fraction of sp³-hybridized carbons (Fsp3) is 0.556. The van der Waals surface area contributed by atoms with Gasteiger partial charge >= 0.3 is 0 Å². The van der Waals surface area contributed by atoms with Gasteiger partial charge in [-0.05, 0) is 37.1 Å². The second-order valence-electron chi connectivity index (χ2n) is 6.54. The molecule has 0 saturated heterocycles. The molecule has 0 fully saturated rings. The molecule has 0 spiro atoms. The van der Waals surface area contributed by atoms with Crippen LogP contribution < -0.4 is 15.5 Å². The van der Waals surface area contributed by atoms with Gasteiger partial charge < -0.3 is 15.2 Å². The van der Waals surface area contributed by atoms with E-state index in [0.717, 1.165) is 28.2 Å². The molecule has 1 atom stereocenters. The number of carbonyl (C=O) groups is 1. The lowest BCUT2D eigenvalue weighted by atomic mass is 9.99. The highest BCUT2D eigenvalue weighted by atomic mass is 16.5. The van der Waals surface area contributed by atoms with Gasteiger partial charge in [0.2, 0.25) is 5.91 Å². The molecule has 0 aromatic heterocycles. The summed E-state index contributed by atoms with van der Waals surface area (Å²) < 4.78 is 5.83. The lowest BCUT2D eigenvalue weighted by Gasteiger charge is -2.19. The van der Waals surface area contributed by atoms with Crippen molar-refractivity contribution in [1.82, 2.24) is 10.7 Å². The molecule has 2 rings (SSSR count). The average molecular weight is 333 g/mol. The number of hydrazone groups is 1. The molecule has 24 heavy (non-hydrogen) atoms. The first-order valence-corrected chi connectivity index (χ1v) is 8.38. The van der Waals surface area contributed by atoms with Crippen molar-refractivity contribution in [2.24, 2.45) is 5.10 Å². The maximum Gasteiger partial charge on any atom is 0.240 e. The van der Waals surface area contributed by atoms with Crippen LogP contribution in [-0.4, -0.2) is 42.0 Å². The summed E-state index contributed by atoms with van der Waals surface area (Å²) in [5.74, 6) is 0.688. The fourth-order valence-corrected chi connectivity index (χ4v) is 2.44. The monoisotopic (exact) mass is 333 g/mol. The van der Waals surface area contributed by atoms with E-state index in [1.807, 2.05) is 33.8 Å². The second-order valence-corrected chi connectivity index (χ2v) is 6.54. The molecule has 1 amide bonds. The number of nitrogens with one attached hydrogen (secondary N) is 2. The summed E-state index contributed by atoms with van der Waals surface area (Å²) in [6.45, 7) is 8.81. The highest BCUT2D eigenvalue weighted by Crippen LogP contribution is 2.25. The molecule has 0 bridgehead atoms. The van der Waals surface area contributed by atoms with Gasteiger partial charge in [-0.2, -0.15) is 5.10 Å². The number of aliphatic hydroxyl groups is 1. The molecule has 132 valence electrons. The summed E-state index contributed by atoms with van der Waals surface area (Å²) in [7, 11) is 0. The number of rotatable bonds is 7. The Kier molecular flexibility index (Phi) is 6.34. The molecule has 0 saturated carbocycles. The van der Waals surface area contributed by atoms with Crippen LogP contribution in [0.3, 0.4) is 0 Å². The molecular weight excluding hydrogens is 306 g/mol. The third-order valence-corrected chi connectivity index (χ3v) is 4.05. The minimum absolute atomic E-state index is 0.0557. The van der Waals surface area contributed by atoms with Crippen molar-refractivity contribution in [3.05, 3.63) is 28.8 Å². The number of hydrogen-bond acceptors (Lipinski definition) is 5. The van der Waals surface area contributed by atoms with Gasteiger partial charge in [0, 0.05) is 31.0 Å². The third-order valence-electron chi connectivity index (χ3n) is 4.05. The first-order chi connectivity index (χ1) is 11.4. The Hall–Kier alpha value is -1.92. The lowest BCUT2D eigenvalue weighted by Crippen LogP contribution is -2.35. The van der Waals surface area contributed by atoms with Crippen molar-refractivity contribution in [3.8, 4) is 5.75 Å². The van der Waals surface area contributed by atoms with E-state index in [9.17, 15) is 9.90 Å². The maximum atomic E-state index is 11.2. The van der Waals surface area contributed by atoms with Gasteiger partial charge in [0.25, 0.3) is 0 Å². The van der Waals surface area contributed by atoms with Crippen LogP contribution in [0.1, 0.15) is 43.4 Å². The second kappa shape index (κ2) is 8.26. The largest absolute Gasteiger partial charge is 0.491 e. The van der Waals surface area contributed by atoms with E-state index in [4.69, 9.17) is 4.74 Å². The average Bonchev–Trinajstić information content (AvgIpc) is 2.54. The summed E-state index contributed by atoms with van der Waals surface area (Å²) >= 11 is 0. The number of amides is 1. The summed E-state index contributed by atoms with van der Waals surface area (Å²) in [6, 6.07) is 4.31. The first kappa shape index (κ1) is 18.4. The van der Waals surface area contributed by atoms with E-state index in [2.05, 4.69) is 21.9 Å². The number of aryl methyl sites for hydroxylation is 1. The van der Waals surface area contributed by atoms with Crippen LogP contribution in [-0.2, 0) is 4.79 Å². The molecule has 0 radical (unpaired) electrons. The Morgan fingerprint density at radius 3 is 2.71 bits per heavy atom. The van der Waals surface area contributed by atoms with E-state index >= 15 is 0 Å². The molecule has 3 N–H and O–H groups in total. The van der Waals surface area contributed by atoms with Crippen LogP contribution in [0.5, 0.6) is 5.75 Å². The van der Waals surface area contributed by atoms with Crippen LogP contribution in [0, 0.1) is 13.8 Å². The predicted octanol–water partition coefficient (Wildman–Crippen LogP) is 1.66. The zero-order chi connectivity index (χ0) is 17.7. The number of benzene rings is 1. The predicted molar refractivity (Wildman–Crippen MR) is 94.5 cm³/mol. The maximum absolute atomic E-state index is 11.2. The summed E-state index contributed by atoms with van der Waals surface area (Å²) in [6.07, 6.45) is 0.498. The van der Waals surface area contributed by atoms with Gasteiger partial charge in [-0.15, -0.1) is 0 Å². The van der Waals surface area contributed by atoms with E-state index in [1.54, 1.807) is 0 Å². The molecular formula is C18H27N3O3. The molecule has 1 aromatic rings. The van der Waals surface area contributed by atoms with Crippen LogP contribution in [0.15, 0.2) is 17.2 Å². The summed E-state index contributed by atoms with van der Waals surface area (Å²) in [4.78, 5) is 11.2. The zero-order valence-electron chi connectivity index (χ0n) is 14.8. The highest BCUT2D eigenvalue weighted by molar-refractivity contribution is 6.04. The molecule has 6 heteroatoms. The van der Waals surface area contributed by atoms with E-state index < -0.39 is 6.10 Å². The van der Waals surface area contributed by atoms with E-state index in [1.165, 1.54) is 0 Å². The van der Waals surface area contributed by atoms with E-state index in [0.29, 0.717) is 25.4 Å². The Bertz CT molecular complexity index is 626. The van der Waals surface area contributed by atoms with E-state index in [-0.39, 0.29) is 12.5 Å². The first-order valence-electron chi connectivity index (χ1n) is 8.38. The smallest absolute Gasteiger partial charge is 0.240 e. The van der Waals surface area contributed by atoms with Crippen molar-refractivity contribution in [3.63, 3.8) is 0 Å². The Balaban J connectivity index is 2.08. The molecule has 1 aromatic carbocycles. The Morgan fingerprint density at radius 1 is 1.33 bits per heavy atom. The molecule has 1 aliphatic heterocycles. The quantitative estimate of drug-likeness (QED) is 0.709. The number of nitrogens with zero attached hydrogens (tertiary/aromatic N) is 1. The van der Waals surface area contributed by atoms with Crippen molar-refractivity contribution in [2.75, 3.05) is 13.2 Å². The van der Waals surface area contributed by atoms with Gasteiger partial charge in [-0.1, -0.05) is 13.8 Å². The molecule has 0 aliphatic carbocycles. The van der Waals surface area contributed by atoms with Gasteiger partial charge in [0.1, 0.15) is 18.5 Å². The zero-order valence-corrected chi connectivity index (χ0v) is 14.8. The number of aliphatic hydroxyl groups excluding tert-OH is 1. The minimum atomic E-state index is -0.568. The lowest BCUT2D eigenvalue weighted by molar-refractivity contribution is -0.121. The van der Waals surface area contributed by atoms with Crippen LogP contribution >= 0.6 is 0 Å². The van der Waals surface area contributed by atoms with Crippen LogP contribution in [0.4, 0.5) is 0 Å². The third kappa shape index (κ3) is 5.04. The highest BCUT2D eigenvalue weighted by Gasteiger charge is 2.16. The van der Waals surface area contributed by atoms with Gasteiger partial charge in [0.15, 0.2) is 0 Å². The fourth-order valence-electron chi connectivity index (χ4n) is 2.44. The Labute approximate surface area is 143 Å². The van der Waals surface area contributed by atoms with Crippen molar-refractivity contribution < 1.29 is 14.6 Å². The normalized spacial score (nSPS) is 15.9. The van der Waals surface area contributed by atoms with Crippen molar-refractivity contribution in [1.29, 1.82) is 0 Å². The number of carbonyl (C=O) groups excluding carboxylic acids is 1. The molecule has 1 heterocycles. The molecule has 6 nitrogen and oxygen atoms in total. The topological polar surface area (TPSA) is 83.0 Å². The molecule has 1 unspecified atom stereocenters.